The molecule has 100 valence electrons. The summed E-state index contributed by atoms with van der Waals surface area (Å²) in [6, 6.07) is 12.8. The Hall–Kier alpha value is -2.82. The third kappa shape index (κ3) is 2.21. The molecule has 3 aromatic rings. The number of benzene rings is 1. The van der Waals surface area contributed by atoms with Gasteiger partial charge in [0.15, 0.2) is 0 Å². The zero-order valence-electron chi connectivity index (χ0n) is 10.9. The SMILES string of the molecule is COc1ccc(N)c(Oc2cccc3ncccc23)n1. The topological polar surface area (TPSA) is 70.3 Å². The van der Waals surface area contributed by atoms with Gasteiger partial charge in [0.25, 0.3) is 0 Å². The number of methoxy groups -OCH3 is 1. The van der Waals surface area contributed by atoms with Crippen LogP contribution in [0.25, 0.3) is 10.9 Å². The van der Waals surface area contributed by atoms with Crippen LogP contribution in [0.1, 0.15) is 0 Å². The number of hydrogen-bond acceptors (Lipinski definition) is 5. The van der Waals surface area contributed by atoms with Gasteiger partial charge in [-0.1, -0.05) is 6.07 Å². The first kappa shape index (κ1) is 12.2. The van der Waals surface area contributed by atoms with Gasteiger partial charge in [-0.25, -0.2) is 0 Å². The molecule has 0 atom stereocenters. The van der Waals surface area contributed by atoms with Crippen molar-refractivity contribution in [3.05, 3.63) is 48.7 Å². The molecule has 0 aliphatic heterocycles. The van der Waals surface area contributed by atoms with E-state index in [-0.39, 0.29) is 0 Å². The first-order valence-electron chi connectivity index (χ1n) is 6.10. The average Bonchev–Trinajstić information content (AvgIpc) is 2.50. The molecule has 0 fully saturated rings. The molecule has 3 rings (SSSR count). The summed E-state index contributed by atoms with van der Waals surface area (Å²) in [5.74, 6) is 1.43. The van der Waals surface area contributed by atoms with E-state index in [1.165, 1.54) is 0 Å². The van der Waals surface area contributed by atoms with Gasteiger partial charge in [-0.15, -0.1) is 0 Å². The molecule has 0 spiro atoms. The van der Waals surface area contributed by atoms with E-state index in [4.69, 9.17) is 15.2 Å². The van der Waals surface area contributed by atoms with E-state index < -0.39 is 0 Å². The zero-order chi connectivity index (χ0) is 13.9. The first-order valence-corrected chi connectivity index (χ1v) is 6.10. The van der Waals surface area contributed by atoms with Gasteiger partial charge < -0.3 is 15.2 Å². The number of anilines is 1. The second-order valence-corrected chi connectivity index (χ2v) is 4.18. The smallest absolute Gasteiger partial charge is 0.246 e. The molecule has 5 nitrogen and oxygen atoms in total. The minimum atomic E-state index is 0.320. The average molecular weight is 267 g/mol. The van der Waals surface area contributed by atoms with Crippen LogP contribution in [0, 0.1) is 0 Å². The lowest BCUT2D eigenvalue weighted by Gasteiger charge is -2.10. The molecule has 0 unspecified atom stereocenters. The molecule has 2 heterocycles. The van der Waals surface area contributed by atoms with Crippen LogP contribution >= 0.6 is 0 Å². The van der Waals surface area contributed by atoms with Crippen LogP contribution in [-0.4, -0.2) is 17.1 Å². The third-order valence-electron chi connectivity index (χ3n) is 2.89. The summed E-state index contributed by atoms with van der Waals surface area (Å²) in [4.78, 5) is 8.49. The summed E-state index contributed by atoms with van der Waals surface area (Å²) in [6.45, 7) is 0. The van der Waals surface area contributed by atoms with Crippen LogP contribution in [0.4, 0.5) is 5.69 Å². The Bertz CT molecular complexity index is 754. The highest BCUT2D eigenvalue weighted by atomic mass is 16.5. The lowest BCUT2D eigenvalue weighted by molar-refractivity contribution is 0.385. The minimum absolute atomic E-state index is 0.320. The van der Waals surface area contributed by atoms with E-state index in [9.17, 15) is 0 Å². The minimum Gasteiger partial charge on any atom is -0.481 e. The highest BCUT2D eigenvalue weighted by molar-refractivity contribution is 5.85. The predicted octanol–water partition coefficient (Wildman–Crippen LogP) is 3.01. The normalized spacial score (nSPS) is 10.4. The number of nitrogen functional groups attached to an aromatic ring is 1. The fourth-order valence-corrected chi connectivity index (χ4v) is 1.90. The lowest BCUT2D eigenvalue weighted by Crippen LogP contribution is -1.97. The number of aromatic nitrogens is 2. The summed E-state index contributed by atoms with van der Waals surface area (Å²) in [5.41, 5.74) is 7.18. The molecule has 0 amide bonds. The largest absolute Gasteiger partial charge is 0.481 e. The number of nitrogens with zero attached hydrogens (tertiary/aromatic N) is 2. The van der Waals surface area contributed by atoms with Gasteiger partial charge in [-0.2, -0.15) is 4.98 Å². The lowest BCUT2D eigenvalue weighted by atomic mass is 10.2. The molecule has 2 N–H and O–H groups in total. The number of pyridine rings is 2. The molecule has 1 aromatic carbocycles. The summed E-state index contributed by atoms with van der Waals surface area (Å²) in [6.07, 6.45) is 1.74. The van der Waals surface area contributed by atoms with Crippen molar-refractivity contribution < 1.29 is 9.47 Å². The number of nitrogens with two attached hydrogens (primary N) is 1. The monoisotopic (exact) mass is 267 g/mol. The highest BCUT2D eigenvalue weighted by Crippen LogP contribution is 2.31. The van der Waals surface area contributed by atoms with Crippen molar-refractivity contribution >= 4 is 16.6 Å². The summed E-state index contributed by atoms with van der Waals surface area (Å²) in [7, 11) is 1.55. The first-order chi connectivity index (χ1) is 9.78. The van der Waals surface area contributed by atoms with Gasteiger partial charge in [0.1, 0.15) is 5.75 Å². The van der Waals surface area contributed by atoms with Gasteiger partial charge in [0, 0.05) is 17.6 Å². The molecular weight excluding hydrogens is 254 g/mol. The van der Waals surface area contributed by atoms with Crippen LogP contribution in [0.3, 0.4) is 0 Å². The number of ether oxygens (including phenoxy) is 2. The highest BCUT2D eigenvalue weighted by Gasteiger charge is 2.09. The Morgan fingerprint density at radius 3 is 2.80 bits per heavy atom. The van der Waals surface area contributed by atoms with Crippen LogP contribution in [0.5, 0.6) is 17.5 Å². The van der Waals surface area contributed by atoms with Crippen molar-refractivity contribution in [2.24, 2.45) is 0 Å². The van der Waals surface area contributed by atoms with Gasteiger partial charge in [0.2, 0.25) is 11.8 Å². The van der Waals surface area contributed by atoms with Crippen LogP contribution in [-0.2, 0) is 0 Å². The molecule has 2 aromatic heterocycles. The van der Waals surface area contributed by atoms with E-state index in [1.54, 1.807) is 25.4 Å². The van der Waals surface area contributed by atoms with E-state index in [1.807, 2.05) is 30.3 Å². The van der Waals surface area contributed by atoms with Gasteiger partial charge in [-0.3, -0.25) is 4.98 Å². The van der Waals surface area contributed by atoms with E-state index in [0.29, 0.717) is 23.2 Å². The number of hydrogen-bond donors (Lipinski definition) is 1. The molecule has 0 aliphatic rings. The van der Waals surface area contributed by atoms with Crippen LogP contribution in [0.15, 0.2) is 48.7 Å². The standard InChI is InChI=1S/C15H13N3O2/c1-19-14-8-7-11(16)15(18-14)20-13-6-2-5-12-10(13)4-3-9-17-12/h2-9H,16H2,1H3. The molecule has 0 saturated carbocycles. The van der Waals surface area contributed by atoms with Crippen molar-refractivity contribution in [2.75, 3.05) is 12.8 Å². The summed E-state index contributed by atoms with van der Waals surface area (Å²) >= 11 is 0. The fraction of sp³-hybridized carbons (Fsp3) is 0.0667. The molecule has 0 saturated heterocycles. The molecular formula is C15H13N3O2. The van der Waals surface area contributed by atoms with Crippen molar-refractivity contribution in [1.29, 1.82) is 0 Å². The second-order valence-electron chi connectivity index (χ2n) is 4.18. The summed E-state index contributed by atoms with van der Waals surface area (Å²) < 4.78 is 10.9. The van der Waals surface area contributed by atoms with Crippen molar-refractivity contribution in [3.63, 3.8) is 0 Å². The summed E-state index contributed by atoms with van der Waals surface area (Å²) in [5, 5.41) is 0.902. The van der Waals surface area contributed by atoms with Crippen molar-refractivity contribution in [2.45, 2.75) is 0 Å². The van der Waals surface area contributed by atoms with Crippen LogP contribution < -0.4 is 15.2 Å². The number of fused-ring (bicyclic) bond motifs is 1. The third-order valence-corrected chi connectivity index (χ3v) is 2.89. The van der Waals surface area contributed by atoms with Gasteiger partial charge >= 0.3 is 0 Å². The molecule has 0 bridgehead atoms. The molecule has 5 heteroatoms. The van der Waals surface area contributed by atoms with Crippen molar-refractivity contribution in [1.82, 2.24) is 9.97 Å². The quantitative estimate of drug-likeness (QED) is 0.789. The van der Waals surface area contributed by atoms with E-state index in [0.717, 1.165) is 10.9 Å². The predicted molar refractivity (Wildman–Crippen MR) is 77.0 cm³/mol. The maximum atomic E-state index is 5.88. The van der Waals surface area contributed by atoms with E-state index in [2.05, 4.69) is 9.97 Å². The molecule has 0 aliphatic carbocycles. The Morgan fingerprint density at radius 1 is 1.05 bits per heavy atom. The molecule has 20 heavy (non-hydrogen) atoms. The Kier molecular flexibility index (Phi) is 3.09. The fourth-order valence-electron chi connectivity index (χ4n) is 1.90. The maximum Gasteiger partial charge on any atom is 0.246 e. The van der Waals surface area contributed by atoms with E-state index >= 15 is 0 Å². The van der Waals surface area contributed by atoms with Gasteiger partial charge in [0.05, 0.1) is 18.3 Å². The second kappa shape index (κ2) is 5.05. The Labute approximate surface area is 116 Å². The molecule has 0 radical (unpaired) electrons. The maximum absolute atomic E-state index is 5.88. The Balaban J connectivity index is 2.05. The van der Waals surface area contributed by atoms with Gasteiger partial charge in [-0.05, 0) is 30.3 Å². The van der Waals surface area contributed by atoms with Crippen LogP contribution in [0.2, 0.25) is 0 Å². The van der Waals surface area contributed by atoms with Crippen molar-refractivity contribution in [3.8, 4) is 17.5 Å². The Morgan fingerprint density at radius 2 is 1.95 bits per heavy atom. The number of rotatable bonds is 3. The zero-order valence-corrected chi connectivity index (χ0v) is 10.9.